The topological polar surface area (TPSA) is 236 Å². The SMILES string of the molecule is CC(O/N=C(\C(=O)N[C@@H]1C(=O)N(OS(=O)(=O)O)C1(C)C)c1csc(N)n1)c1cc(=O)c(O)cn1O. The normalized spacial score (nSPS) is 18.6. The molecule has 3 rings (SSSR count). The maximum atomic E-state index is 13.0. The maximum Gasteiger partial charge on any atom is 0.418 e. The van der Waals surface area contributed by atoms with E-state index in [2.05, 4.69) is 19.7 Å². The van der Waals surface area contributed by atoms with Crippen LogP contribution in [0.1, 0.15) is 38.3 Å². The Bertz CT molecular complexity index is 1370. The number of pyridine rings is 1. The number of hydrogen-bond acceptors (Lipinski definition) is 13. The van der Waals surface area contributed by atoms with E-state index in [0.717, 1.165) is 23.6 Å². The molecule has 2 aromatic rings. The zero-order chi connectivity index (χ0) is 26.3. The van der Waals surface area contributed by atoms with E-state index in [9.17, 15) is 33.1 Å². The number of anilines is 1. The smallest absolute Gasteiger partial charge is 0.418 e. The molecule has 1 aliphatic heterocycles. The fourth-order valence-corrected chi connectivity index (χ4v) is 4.04. The Labute approximate surface area is 201 Å². The molecule has 0 radical (unpaired) electrons. The monoisotopic (exact) mass is 532 g/mol. The highest BCUT2D eigenvalue weighted by Crippen LogP contribution is 2.33. The van der Waals surface area contributed by atoms with Gasteiger partial charge in [-0.1, -0.05) is 5.16 Å². The summed E-state index contributed by atoms with van der Waals surface area (Å²) in [7, 11) is -4.98. The number of β-lactam (4-membered cyclic amide) rings is 1. The van der Waals surface area contributed by atoms with Crippen molar-refractivity contribution in [2.24, 2.45) is 5.16 Å². The molecule has 0 saturated carbocycles. The summed E-state index contributed by atoms with van der Waals surface area (Å²) in [6, 6.07) is -0.384. The number of carbonyl (C=O) groups is 2. The number of amides is 2. The third kappa shape index (κ3) is 5.34. The van der Waals surface area contributed by atoms with Gasteiger partial charge in [0.25, 0.3) is 11.8 Å². The molecule has 2 atom stereocenters. The van der Waals surface area contributed by atoms with Gasteiger partial charge in [-0.05, 0) is 20.8 Å². The Morgan fingerprint density at radius 3 is 2.60 bits per heavy atom. The van der Waals surface area contributed by atoms with Gasteiger partial charge in [0.1, 0.15) is 17.4 Å². The molecule has 18 heteroatoms. The second-order valence-electron chi connectivity index (χ2n) is 7.75. The largest absolute Gasteiger partial charge is 0.503 e. The van der Waals surface area contributed by atoms with E-state index >= 15 is 0 Å². The summed E-state index contributed by atoms with van der Waals surface area (Å²) in [6.07, 6.45) is -0.353. The van der Waals surface area contributed by atoms with Crippen LogP contribution in [0.2, 0.25) is 0 Å². The van der Waals surface area contributed by atoms with Crippen molar-refractivity contribution in [1.29, 1.82) is 0 Å². The van der Waals surface area contributed by atoms with Crippen LogP contribution in [-0.2, 0) is 29.1 Å². The number of hydroxylamine groups is 2. The zero-order valence-corrected chi connectivity index (χ0v) is 19.9. The Morgan fingerprint density at radius 1 is 1.40 bits per heavy atom. The van der Waals surface area contributed by atoms with Crippen molar-refractivity contribution in [3.8, 4) is 5.75 Å². The van der Waals surface area contributed by atoms with Crippen LogP contribution in [0.25, 0.3) is 0 Å². The van der Waals surface area contributed by atoms with Crippen molar-refractivity contribution in [3.63, 3.8) is 0 Å². The van der Waals surface area contributed by atoms with Gasteiger partial charge < -0.3 is 26.2 Å². The summed E-state index contributed by atoms with van der Waals surface area (Å²) < 4.78 is 35.4. The molecule has 16 nitrogen and oxygen atoms in total. The minimum absolute atomic E-state index is 0.0279. The molecule has 0 spiro atoms. The van der Waals surface area contributed by atoms with Gasteiger partial charge in [0.15, 0.2) is 22.7 Å². The number of nitrogens with two attached hydrogens (primary N) is 1. The summed E-state index contributed by atoms with van der Waals surface area (Å²) in [4.78, 5) is 46.2. The van der Waals surface area contributed by atoms with Crippen LogP contribution in [-0.4, -0.2) is 67.2 Å². The molecule has 3 heterocycles. The molecule has 0 aliphatic carbocycles. The highest BCUT2D eigenvalue weighted by molar-refractivity contribution is 7.80. The lowest BCUT2D eigenvalue weighted by atomic mass is 9.84. The first-order valence-electron chi connectivity index (χ1n) is 9.53. The minimum atomic E-state index is -4.98. The average Bonchev–Trinajstić information content (AvgIpc) is 3.17. The van der Waals surface area contributed by atoms with Gasteiger partial charge in [-0.15, -0.1) is 15.6 Å². The molecule has 1 fully saturated rings. The highest BCUT2D eigenvalue weighted by atomic mass is 32.3. The van der Waals surface area contributed by atoms with Gasteiger partial charge in [-0.3, -0.25) is 18.9 Å². The van der Waals surface area contributed by atoms with Crippen molar-refractivity contribution < 1.29 is 42.0 Å². The number of thiazole rings is 1. The number of rotatable bonds is 8. The first kappa shape index (κ1) is 25.9. The molecule has 35 heavy (non-hydrogen) atoms. The van der Waals surface area contributed by atoms with Crippen LogP contribution in [0, 0.1) is 0 Å². The number of aromatic hydroxyl groups is 1. The number of carbonyl (C=O) groups excluding carboxylic acids is 2. The Hall–Kier alpha value is -3.74. The second kappa shape index (κ2) is 9.13. The molecule has 1 unspecified atom stereocenters. The van der Waals surface area contributed by atoms with Crippen molar-refractivity contribution in [3.05, 3.63) is 39.3 Å². The molecular weight excluding hydrogens is 512 g/mol. The van der Waals surface area contributed by atoms with Gasteiger partial charge in [0.05, 0.1) is 11.7 Å². The van der Waals surface area contributed by atoms with Crippen LogP contribution in [0.4, 0.5) is 5.13 Å². The van der Waals surface area contributed by atoms with Gasteiger partial charge in [-0.2, -0.15) is 18.2 Å². The molecule has 190 valence electrons. The molecule has 1 aliphatic rings. The van der Waals surface area contributed by atoms with E-state index in [-0.39, 0.29) is 16.5 Å². The van der Waals surface area contributed by atoms with E-state index in [0.29, 0.717) is 9.79 Å². The molecule has 0 aromatic carbocycles. The van der Waals surface area contributed by atoms with E-state index in [1.807, 2.05) is 0 Å². The fraction of sp³-hybridized carbons (Fsp3) is 0.353. The summed E-state index contributed by atoms with van der Waals surface area (Å²) in [5.74, 6) is -2.64. The maximum absolute atomic E-state index is 13.0. The van der Waals surface area contributed by atoms with Crippen LogP contribution in [0.5, 0.6) is 5.75 Å². The van der Waals surface area contributed by atoms with Crippen molar-refractivity contribution in [1.82, 2.24) is 20.1 Å². The molecule has 0 bridgehead atoms. The first-order chi connectivity index (χ1) is 16.1. The summed E-state index contributed by atoms with van der Waals surface area (Å²) >= 11 is 0.980. The van der Waals surface area contributed by atoms with Gasteiger partial charge in [0, 0.05) is 11.4 Å². The molecule has 2 amide bonds. The third-order valence-electron chi connectivity index (χ3n) is 4.86. The standard InChI is InChI=1S/C17H20N6O10S2/c1-7(9-4-10(24)11(25)5-22(9)28)32-21-12(8-6-34-16(18)19-8)14(26)20-13-15(27)23(17(13,2)3)33-35(29,30)31/h4-7,13,25,28H,1-3H3,(H2,18,19)(H,20,26)(H,29,30,31)/b21-12-/t7?,13-/m1/s1. The molecule has 2 aromatic heterocycles. The molecular formula is C17H20N6O10S2. The lowest BCUT2D eigenvalue weighted by Gasteiger charge is -2.50. The van der Waals surface area contributed by atoms with Crippen molar-refractivity contribution in [2.75, 3.05) is 5.73 Å². The Balaban J connectivity index is 1.85. The van der Waals surface area contributed by atoms with Gasteiger partial charge in [0.2, 0.25) is 5.43 Å². The number of hydrogen-bond donors (Lipinski definition) is 5. The Kier molecular flexibility index (Phi) is 6.75. The van der Waals surface area contributed by atoms with Gasteiger partial charge in [-0.25, -0.2) is 4.98 Å². The lowest BCUT2D eigenvalue weighted by molar-refractivity contribution is -0.218. The third-order valence-corrected chi connectivity index (χ3v) is 5.87. The van der Waals surface area contributed by atoms with Crippen LogP contribution in [0.15, 0.2) is 27.6 Å². The van der Waals surface area contributed by atoms with E-state index < -0.39 is 56.8 Å². The second-order valence-corrected chi connectivity index (χ2v) is 9.64. The van der Waals surface area contributed by atoms with Crippen molar-refractivity contribution >= 4 is 44.4 Å². The molecule has 6 N–H and O–H groups in total. The number of nitrogens with one attached hydrogen (secondary N) is 1. The van der Waals surface area contributed by atoms with E-state index in [1.54, 1.807) is 0 Å². The van der Waals surface area contributed by atoms with E-state index in [4.69, 9.17) is 15.1 Å². The summed E-state index contributed by atoms with van der Waals surface area (Å²) in [5, 5.41) is 27.2. The minimum Gasteiger partial charge on any atom is -0.503 e. The van der Waals surface area contributed by atoms with Gasteiger partial charge >= 0.3 is 10.4 Å². The highest BCUT2D eigenvalue weighted by Gasteiger charge is 2.58. The Morgan fingerprint density at radius 2 is 2.06 bits per heavy atom. The van der Waals surface area contributed by atoms with E-state index in [1.165, 1.54) is 26.2 Å². The number of aromatic nitrogens is 2. The van der Waals surface area contributed by atoms with Crippen LogP contribution >= 0.6 is 11.3 Å². The predicted octanol–water partition coefficient (Wildman–Crippen LogP) is -0.848. The average molecular weight is 533 g/mol. The number of nitrogens with zero attached hydrogens (tertiary/aromatic N) is 4. The number of oxime groups is 1. The fourth-order valence-electron chi connectivity index (χ4n) is 3.04. The summed E-state index contributed by atoms with van der Waals surface area (Å²) in [6.45, 7) is 4.12. The quantitative estimate of drug-likeness (QED) is 0.0919. The zero-order valence-electron chi connectivity index (χ0n) is 18.3. The molecule has 1 saturated heterocycles. The van der Waals surface area contributed by atoms with Crippen LogP contribution in [0.3, 0.4) is 0 Å². The number of nitrogen functional groups attached to an aromatic ring is 1. The predicted molar refractivity (Wildman–Crippen MR) is 118 cm³/mol. The summed E-state index contributed by atoms with van der Waals surface area (Å²) in [5.41, 5.74) is 2.87. The first-order valence-corrected chi connectivity index (χ1v) is 11.8. The lowest BCUT2D eigenvalue weighted by Crippen LogP contribution is -2.76. The van der Waals surface area contributed by atoms with Crippen molar-refractivity contribution in [2.45, 2.75) is 38.5 Å². The van der Waals surface area contributed by atoms with Crippen LogP contribution < -0.4 is 16.5 Å².